The van der Waals surface area contributed by atoms with Gasteiger partial charge >= 0.3 is 0 Å². The standard InChI is InChI=1S/C16H22N4O/c1-4-8-19(3)14-9-16(21)20(18-10-14)11-13-6-5-7-15(17)12(13)2/h5-7,9-10H,4,8,11,17H2,1-3H3. The molecule has 1 aromatic heterocycles. The fourth-order valence-electron chi connectivity index (χ4n) is 2.25. The number of aromatic nitrogens is 2. The fourth-order valence-corrected chi connectivity index (χ4v) is 2.25. The molecule has 2 N–H and O–H groups in total. The maximum atomic E-state index is 12.2. The summed E-state index contributed by atoms with van der Waals surface area (Å²) >= 11 is 0. The van der Waals surface area contributed by atoms with Crippen LogP contribution in [-0.2, 0) is 6.54 Å². The van der Waals surface area contributed by atoms with Gasteiger partial charge in [0.25, 0.3) is 5.56 Å². The van der Waals surface area contributed by atoms with Gasteiger partial charge in [0.05, 0.1) is 18.4 Å². The normalized spacial score (nSPS) is 10.6. The Morgan fingerprint density at radius 2 is 2.14 bits per heavy atom. The lowest BCUT2D eigenvalue weighted by Gasteiger charge is -2.18. The van der Waals surface area contributed by atoms with Crippen molar-refractivity contribution >= 4 is 11.4 Å². The lowest BCUT2D eigenvalue weighted by atomic mass is 10.1. The summed E-state index contributed by atoms with van der Waals surface area (Å²) in [5.74, 6) is 0. The zero-order chi connectivity index (χ0) is 15.4. The molecule has 0 aliphatic rings. The van der Waals surface area contributed by atoms with Crippen molar-refractivity contribution in [3.63, 3.8) is 0 Å². The minimum Gasteiger partial charge on any atom is -0.399 e. The minimum atomic E-state index is -0.0997. The first-order valence-electron chi connectivity index (χ1n) is 7.15. The van der Waals surface area contributed by atoms with Crippen molar-refractivity contribution in [3.05, 3.63) is 51.9 Å². The van der Waals surface area contributed by atoms with Crippen molar-refractivity contribution in [3.8, 4) is 0 Å². The average molecular weight is 286 g/mol. The molecule has 0 aliphatic heterocycles. The monoisotopic (exact) mass is 286 g/mol. The van der Waals surface area contributed by atoms with Crippen molar-refractivity contribution in [1.29, 1.82) is 0 Å². The van der Waals surface area contributed by atoms with E-state index in [-0.39, 0.29) is 5.56 Å². The third-order valence-electron chi connectivity index (χ3n) is 3.66. The Morgan fingerprint density at radius 1 is 1.38 bits per heavy atom. The maximum absolute atomic E-state index is 12.2. The lowest BCUT2D eigenvalue weighted by Crippen LogP contribution is -2.26. The molecule has 0 saturated heterocycles. The Hall–Kier alpha value is -2.30. The molecule has 5 nitrogen and oxygen atoms in total. The van der Waals surface area contributed by atoms with Crippen LogP contribution in [0.5, 0.6) is 0 Å². The molecule has 1 aromatic carbocycles. The Labute approximate surface area is 125 Å². The van der Waals surface area contributed by atoms with Crippen LogP contribution in [0.1, 0.15) is 24.5 Å². The largest absolute Gasteiger partial charge is 0.399 e. The van der Waals surface area contributed by atoms with E-state index in [2.05, 4.69) is 12.0 Å². The molecule has 21 heavy (non-hydrogen) atoms. The van der Waals surface area contributed by atoms with E-state index in [0.29, 0.717) is 6.54 Å². The van der Waals surface area contributed by atoms with E-state index in [9.17, 15) is 4.79 Å². The summed E-state index contributed by atoms with van der Waals surface area (Å²) in [4.78, 5) is 14.2. The maximum Gasteiger partial charge on any atom is 0.269 e. The van der Waals surface area contributed by atoms with Crippen LogP contribution in [-0.4, -0.2) is 23.4 Å². The van der Waals surface area contributed by atoms with Crippen LogP contribution in [0.15, 0.2) is 35.3 Å². The quantitative estimate of drug-likeness (QED) is 0.854. The summed E-state index contributed by atoms with van der Waals surface area (Å²) in [7, 11) is 1.96. The van der Waals surface area contributed by atoms with Gasteiger partial charge in [-0.05, 0) is 30.5 Å². The summed E-state index contributed by atoms with van der Waals surface area (Å²) < 4.78 is 1.46. The number of benzene rings is 1. The molecule has 0 atom stereocenters. The molecular formula is C16H22N4O. The van der Waals surface area contributed by atoms with Crippen LogP contribution in [0.2, 0.25) is 0 Å². The molecule has 0 radical (unpaired) electrons. The topological polar surface area (TPSA) is 64.2 Å². The van der Waals surface area contributed by atoms with Crippen LogP contribution in [0.3, 0.4) is 0 Å². The van der Waals surface area contributed by atoms with Gasteiger partial charge in [0, 0.05) is 25.3 Å². The summed E-state index contributed by atoms with van der Waals surface area (Å²) in [6.45, 7) is 5.40. The van der Waals surface area contributed by atoms with Gasteiger partial charge in [-0.1, -0.05) is 19.1 Å². The molecule has 5 heteroatoms. The summed E-state index contributed by atoms with van der Waals surface area (Å²) in [5, 5.41) is 4.27. The molecule has 0 aliphatic carbocycles. The van der Waals surface area contributed by atoms with E-state index >= 15 is 0 Å². The van der Waals surface area contributed by atoms with Gasteiger partial charge in [0.2, 0.25) is 0 Å². The highest BCUT2D eigenvalue weighted by atomic mass is 16.1. The minimum absolute atomic E-state index is 0.0997. The van der Waals surface area contributed by atoms with Gasteiger partial charge in [0.15, 0.2) is 0 Å². The molecule has 1 heterocycles. The number of hydrogen-bond acceptors (Lipinski definition) is 4. The Kier molecular flexibility index (Phi) is 4.62. The Balaban J connectivity index is 2.26. The van der Waals surface area contributed by atoms with Crippen molar-refractivity contribution < 1.29 is 0 Å². The molecule has 0 spiro atoms. The van der Waals surface area contributed by atoms with E-state index in [1.54, 1.807) is 12.3 Å². The molecule has 2 rings (SSSR count). The first-order chi connectivity index (χ1) is 10.0. The first kappa shape index (κ1) is 15.1. The molecular weight excluding hydrogens is 264 g/mol. The third kappa shape index (κ3) is 3.42. The van der Waals surface area contributed by atoms with Gasteiger partial charge in [-0.15, -0.1) is 0 Å². The highest BCUT2D eigenvalue weighted by Crippen LogP contribution is 2.16. The molecule has 0 fully saturated rings. The van der Waals surface area contributed by atoms with E-state index in [1.807, 2.05) is 37.1 Å². The van der Waals surface area contributed by atoms with Crippen LogP contribution >= 0.6 is 0 Å². The number of nitrogens with zero attached hydrogens (tertiary/aromatic N) is 3. The first-order valence-corrected chi connectivity index (χ1v) is 7.15. The summed E-state index contributed by atoms with van der Waals surface area (Å²) in [6.07, 6.45) is 2.76. The summed E-state index contributed by atoms with van der Waals surface area (Å²) in [5.41, 5.74) is 9.39. The van der Waals surface area contributed by atoms with Crippen LogP contribution in [0, 0.1) is 6.92 Å². The molecule has 112 valence electrons. The van der Waals surface area contributed by atoms with Gasteiger partial charge in [-0.3, -0.25) is 4.79 Å². The molecule has 0 saturated carbocycles. The van der Waals surface area contributed by atoms with Crippen molar-refractivity contribution in [2.24, 2.45) is 0 Å². The molecule has 0 amide bonds. The third-order valence-corrected chi connectivity index (χ3v) is 3.66. The van der Waals surface area contributed by atoms with Gasteiger partial charge in [-0.2, -0.15) is 5.10 Å². The number of anilines is 2. The number of nitrogens with two attached hydrogens (primary N) is 1. The van der Waals surface area contributed by atoms with E-state index < -0.39 is 0 Å². The predicted molar refractivity (Wildman–Crippen MR) is 86.8 cm³/mol. The van der Waals surface area contributed by atoms with Crippen LogP contribution in [0.4, 0.5) is 11.4 Å². The van der Waals surface area contributed by atoms with Gasteiger partial charge < -0.3 is 10.6 Å². The van der Waals surface area contributed by atoms with E-state index in [4.69, 9.17) is 5.73 Å². The second kappa shape index (κ2) is 6.43. The average Bonchev–Trinajstić information content (AvgIpc) is 2.46. The lowest BCUT2D eigenvalue weighted by molar-refractivity contribution is 0.635. The number of nitrogen functional groups attached to an aromatic ring is 1. The van der Waals surface area contributed by atoms with E-state index in [1.165, 1.54) is 4.68 Å². The number of hydrogen-bond donors (Lipinski definition) is 1. The highest BCUT2D eigenvalue weighted by Gasteiger charge is 2.07. The predicted octanol–water partition coefficient (Wildman–Crippen LogP) is 2.03. The van der Waals surface area contributed by atoms with Gasteiger partial charge in [0.1, 0.15) is 0 Å². The second-order valence-electron chi connectivity index (χ2n) is 5.26. The molecule has 2 aromatic rings. The van der Waals surface area contributed by atoms with E-state index in [0.717, 1.165) is 35.5 Å². The number of rotatable bonds is 5. The van der Waals surface area contributed by atoms with Crippen molar-refractivity contribution in [1.82, 2.24) is 9.78 Å². The smallest absolute Gasteiger partial charge is 0.269 e. The Morgan fingerprint density at radius 3 is 2.81 bits per heavy atom. The Bertz CT molecular complexity index is 678. The van der Waals surface area contributed by atoms with Gasteiger partial charge in [-0.25, -0.2) is 4.68 Å². The fraction of sp³-hybridized carbons (Fsp3) is 0.375. The zero-order valence-electron chi connectivity index (χ0n) is 12.8. The molecule has 0 bridgehead atoms. The van der Waals surface area contributed by atoms with Crippen molar-refractivity contribution in [2.75, 3.05) is 24.2 Å². The van der Waals surface area contributed by atoms with Crippen LogP contribution < -0.4 is 16.2 Å². The van der Waals surface area contributed by atoms with Crippen LogP contribution in [0.25, 0.3) is 0 Å². The second-order valence-corrected chi connectivity index (χ2v) is 5.26. The molecule has 0 unspecified atom stereocenters. The van der Waals surface area contributed by atoms with Crippen molar-refractivity contribution in [2.45, 2.75) is 26.8 Å². The SMILES string of the molecule is CCCN(C)c1cnn(Cc2cccc(N)c2C)c(=O)c1. The summed E-state index contributed by atoms with van der Waals surface area (Å²) in [6, 6.07) is 7.35. The zero-order valence-corrected chi connectivity index (χ0v) is 12.8. The highest BCUT2D eigenvalue weighted by molar-refractivity contribution is 5.50.